The van der Waals surface area contributed by atoms with Crippen molar-refractivity contribution < 1.29 is 0 Å². The smallest absolute Gasteiger partial charge is 0.0472 e. The SMILES string of the molecule is CCC1CCN(C2(CN)CSCCC2(C)C)CC1. The lowest BCUT2D eigenvalue weighted by atomic mass is 9.69. The number of nitrogens with zero attached hydrogens (tertiary/aromatic N) is 1. The summed E-state index contributed by atoms with van der Waals surface area (Å²) in [6, 6.07) is 0. The molecule has 2 heterocycles. The van der Waals surface area contributed by atoms with Crippen molar-refractivity contribution in [3.05, 3.63) is 0 Å². The van der Waals surface area contributed by atoms with Crippen LogP contribution in [-0.4, -0.2) is 41.6 Å². The third-order valence-electron chi connectivity index (χ3n) is 5.61. The molecule has 0 aromatic heterocycles. The van der Waals surface area contributed by atoms with Crippen molar-refractivity contribution in [1.82, 2.24) is 4.90 Å². The van der Waals surface area contributed by atoms with Crippen molar-refractivity contribution in [2.75, 3.05) is 31.1 Å². The summed E-state index contributed by atoms with van der Waals surface area (Å²) < 4.78 is 0. The molecular formula is C15H30N2S. The van der Waals surface area contributed by atoms with Gasteiger partial charge in [0, 0.05) is 17.8 Å². The van der Waals surface area contributed by atoms with E-state index in [2.05, 4.69) is 37.4 Å². The lowest BCUT2D eigenvalue weighted by Gasteiger charge is -2.57. The van der Waals surface area contributed by atoms with Crippen LogP contribution in [0.15, 0.2) is 0 Å². The fraction of sp³-hybridized carbons (Fsp3) is 1.00. The molecule has 2 fully saturated rings. The number of piperidine rings is 1. The van der Waals surface area contributed by atoms with Crippen LogP contribution in [0.25, 0.3) is 0 Å². The van der Waals surface area contributed by atoms with Gasteiger partial charge >= 0.3 is 0 Å². The van der Waals surface area contributed by atoms with Crippen molar-refractivity contribution >= 4 is 11.8 Å². The summed E-state index contributed by atoms with van der Waals surface area (Å²) >= 11 is 2.11. The fourth-order valence-corrected chi connectivity index (χ4v) is 5.58. The van der Waals surface area contributed by atoms with Gasteiger partial charge in [-0.1, -0.05) is 27.2 Å². The Labute approximate surface area is 117 Å². The first-order valence-corrected chi connectivity index (χ1v) is 8.74. The summed E-state index contributed by atoms with van der Waals surface area (Å²) in [7, 11) is 0. The number of likely N-dealkylation sites (tertiary alicyclic amines) is 1. The van der Waals surface area contributed by atoms with Crippen LogP contribution in [0.5, 0.6) is 0 Å². The van der Waals surface area contributed by atoms with Gasteiger partial charge in [0.25, 0.3) is 0 Å². The van der Waals surface area contributed by atoms with Crippen molar-refractivity contribution in [3.63, 3.8) is 0 Å². The maximum Gasteiger partial charge on any atom is 0.0472 e. The zero-order chi connectivity index (χ0) is 13.2. The van der Waals surface area contributed by atoms with E-state index in [1.165, 1.54) is 50.3 Å². The molecular weight excluding hydrogens is 240 g/mol. The van der Waals surface area contributed by atoms with Gasteiger partial charge in [-0.05, 0) is 49.4 Å². The fourth-order valence-electron chi connectivity index (χ4n) is 3.75. The second kappa shape index (κ2) is 5.72. The molecule has 2 nitrogen and oxygen atoms in total. The monoisotopic (exact) mass is 270 g/mol. The van der Waals surface area contributed by atoms with Gasteiger partial charge in [-0.15, -0.1) is 0 Å². The van der Waals surface area contributed by atoms with Crippen LogP contribution < -0.4 is 5.73 Å². The second-order valence-corrected chi connectivity index (χ2v) is 7.87. The molecule has 1 atom stereocenters. The van der Waals surface area contributed by atoms with Gasteiger partial charge in [-0.2, -0.15) is 11.8 Å². The van der Waals surface area contributed by atoms with E-state index in [9.17, 15) is 0 Å². The lowest BCUT2D eigenvalue weighted by molar-refractivity contribution is -0.0198. The zero-order valence-corrected chi connectivity index (χ0v) is 13.2. The largest absolute Gasteiger partial charge is 0.329 e. The van der Waals surface area contributed by atoms with Gasteiger partial charge in [0.2, 0.25) is 0 Å². The second-order valence-electron chi connectivity index (χ2n) is 6.76. The van der Waals surface area contributed by atoms with Crippen LogP contribution in [-0.2, 0) is 0 Å². The Morgan fingerprint density at radius 3 is 2.44 bits per heavy atom. The van der Waals surface area contributed by atoms with Crippen molar-refractivity contribution in [3.8, 4) is 0 Å². The van der Waals surface area contributed by atoms with Gasteiger partial charge in [-0.3, -0.25) is 4.90 Å². The quantitative estimate of drug-likeness (QED) is 0.855. The Bertz CT molecular complexity index is 272. The zero-order valence-electron chi connectivity index (χ0n) is 12.4. The van der Waals surface area contributed by atoms with E-state index in [0.29, 0.717) is 5.41 Å². The number of thioether (sulfide) groups is 1. The Hall–Kier alpha value is 0.270. The minimum Gasteiger partial charge on any atom is -0.329 e. The highest BCUT2D eigenvalue weighted by Crippen LogP contribution is 2.46. The number of nitrogens with two attached hydrogens (primary N) is 1. The Kier molecular flexibility index (Phi) is 4.66. The normalized spacial score (nSPS) is 34.7. The van der Waals surface area contributed by atoms with Gasteiger partial charge in [0.1, 0.15) is 0 Å². The molecule has 1 unspecified atom stereocenters. The Morgan fingerprint density at radius 2 is 1.94 bits per heavy atom. The summed E-state index contributed by atoms with van der Waals surface area (Å²) in [4.78, 5) is 2.74. The van der Waals surface area contributed by atoms with Gasteiger partial charge in [0.05, 0.1) is 0 Å². The average molecular weight is 270 g/mol. The van der Waals surface area contributed by atoms with Crippen LogP contribution in [0.2, 0.25) is 0 Å². The van der Waals surface area contributed by atoms with Crippen molar-refractivity contribution in [2.45, 2.75) is 52.0 Å². The standard InChI is InChI=1S/C15H30N2S/c1-4-13-5-8-17(9-6-13)15(11-16)12-18-10-7-14(15,2)3/h13H,4-12,16H2,1-3H3. The molecule has 2 aliphatic heterocycles. The molecule has 2 N–H and O–H groups in total. The minimum atomic E-state index is 0.245. The first-order chi connectivity index (χ1) is 8.55. The molecule has 106 valence electrons. The average Bonchev–Trinajstić information content (AvgIpc) is 2.39. The molecule has 0 aromatic carbocycles. The van der Waals surface area contributed by atoms with Crippen LogP contribution >= 0.6 is 11.8 Å². The maximum atomic E-state index is 6.26. The van der Waals surface area contributed by atoms with E-state index < -0.39 is 0 Å². The highest BCUT2D eigenvalue weighted by molar-refractivity contribution is 7.99. The van der Waals surface area contributed by atoms with E-state index in [4.69, 9.17) is 5.73 Å². The first kappa shape index (κ1) is 14.7. The molecule has 18 heavy (non-hydrogen) atoms. The molecule has 0 saturated carbocycles. The molecule has 3 heteroatoms. The van der Waals surface area contributed by atoms with Crippen LogP contribution in [0, 0.1) is 11.3 Å². The van der Waals surface area contributed by atoms with E-state index in [0.717, 1.165) is 12.5 Å². The van der Waals surface area contributed by atoms with Crippen LogP contribution in [0.4, 0.5) is 0 Å². The predicted octanol–water partition coefficient (Wildman–Crippen LogP) is 2.97. The third-order valence-corrected chi connectivity index (χ3v) is 6.78. The minimum absolute atomic E-state index is 0.245. The highest BCUT2D eigenvalue weighted by Gasteiger charge is 2.50. The van der Waals surface area contributed by atoms with E-state index in [-0.39, 0.29) is 5.54 Å². The topological polar surface area (TPSA) is 29.3 Å². The number of rotatable bonds is 3. The van der Waals surface area contributed by atoms with E-state index in [1.54, 1.807) is 0 Å². The molecule has 0 radical (unpaired) electrons. The number of hydrogen-bond acceptors (Lipinski definition) is 3. The summed E-state index contributed by atoms with van der Waals surface area (Å²) in [5.41, 5.74) is 6.87. The molecule has 0 aromatic rings. The maximum absolute atomic E-state index is 6.26. The molecule has 2 aliphatic rings. The first-order valence-electron chi connectivity index (χ1n) is 7.58. The molecule has 0 aliphatic carbocycles. The molecule has 0 amide bonds. The summed E-state index contributed by atoms with van der Waals surface area (Å²) in [6.45, 7) is 10.6. The van der Waals surface area contributed by atoms with Crippen LogP contribution in [0.1, 0.15) is 46.5 Å². The van der Waals surface area contributed by atoms with E-state index >= 15 is 0 Å². The summed E-state index contributed by atoms with van der Waals surface area (Å²) in [5.74, 6) is 3.49. The Balaban J connectivity index is 2.12. The Morgan fingerprint density at radius 1 is 1.28 bits per heavy atom. The number of hydrogen-bond donors (Lipinski definition) is 1. The molecule has 0 spiro atoms. The van der Waals surface area contributed by atoms with Gasteiger partial charge < -0.3 is 5.73 Å². The van der Waals surface area contributed by atoms with Gasteiger partial charge in [0.15, 0.2) is 0 Å². The van der Waals surface area contributed by atoms with Crippen molar-refractivity contribution in [1.29, 1.82) is 0 Å². The van der Waals surface area contributed by atoms with E-state index in [1.807, 2.05) is 0 Å². The molecule has 2 saturated heterocycles. The molecule has 2 rings (SSSR count). The summed E-state index contributed by atoms with van der Waals surface area (Å²) in [6.07, 6.45) is 5.40. The van der Waals surface area contributed by atoms with Gasteiger partial charge in [-0.25, -0.2) is 0 Å². The highest BCUT2D eigenvalue weighted by atomic mass is 32.2. The summed E-state index contributed by atoms with van der Waals surface area (Å²) in [5, 5.41) is 0. The van der Waals surface area contributed by atoms with Crippen molar-refractivity contribution in [2.24, 2.45) is 17.1 Å². The predicted molar refractivity (Wildman–Crippen MR) is 82.1 cm³/mol. The van der Waals surface area contributed by atoms with Crippen LogP contribution in [0.3, 0.4) is 0 Å². The third kappa shape index (κ3) is 2.46. The lowest BCUT2D eigenvalue weighted by Crippen LogP contribution is -2.67. The molecule has 0 bridgehead atoms.